The van der Waals surface area contributed by atoms with Crippen molar-refractivity contribution >= 4 is 11.6 Å². The fourth-order valence-corrected chi connectivity index (χ4v) is 2.20. The monoisotopic (exact) mass is 231 g/mol. The molecule has 1 saturated heterocycles. The number of hydrogen-bond donors (Lipinski definition) is 1. The first kappa shape index (κ1) is 10.8. The lowest BCUT2D eigenvalue weighted by atomic mass is 9.91. The van der Waals surface area contributed by atoms with Gasteiger partial charge in [-0.2, -0.15) is 0 Å². The molecule has 0 bridgehead atoms. The minimum atomic E-state index is -0.480. The van der Waals surface area contributed by atoms with Crippen molar-refractivity contribution in [1.82, 2.24) is 5.32 Å². The van der Waals surface area contributed by atoms with Gasteiger partial charge in [-0.15, -0.1) is 0 Å². The van der Waals surface area contributed by atoms with Gasteiger partial charge in [0.2, 0.25) is 0 Å². The summed E-state index contributed by atoms with van der Waals surface area (Å²) in [6.07, 6.45) is 1.86. The third kappa shape index (κ3) is 2.29. The standard InChI is InChI=1S/C11H12ClF2N/c12-10-5-8(13)4-9(11(10)14)7-2-1-3-15-6-7/h4-5,7,15H,1-3,6H2. The Morgan fingerprint density at radius 2 is 2.13 bits per heavy atom. The predicted molar refractivity (Wildman–Crippen MR) is 56.2 cm³/mol. The van der Waals surface area contributed by atoms with Gasteiger partial charge < -0.3 is 5.32 Å². The summed E-state index contributed by atoms with van der Waals surface area (Å²) >= 11 is 5.60. The molecule has 4 heteroatoms. The summed E-state index contributed by atoms with van der Waals surface area (Å²) in [5.74, 6) is -0.916. The number of piperidine rings is 1. The van der Waals surface area contributed by atoms with Crippen molar-refractivity contribution in [3.8, 4) is 0 Å². The van der Waals surface area contributed by atoms with Gasteiger partial charge in [0.05, 0.1) is 5.02 Å². The maximum absolute atomic E-state index is 13.6. The van der Waals surface area contributed by atoms with Crippen molar-refractivity contribution < 1.29 is 8.78 Å². The summed E-state index contributed by atoms with van der Waals surface area (Å²) in [5, 5.41) is 3.04. The molecule has 1 aromatic carbocycles. The van der Waals surface area contributed by atoms with Gasteiger partial charge in [0.15, 0.2) is 0 Å². The van der Waals surface area contributed by atoms with Crippen molar-refractivity contribution in [2.24, 2.45) is 0 Å². The van der Waals surface area contributed by atoms with Crippen molar-refractivity contribution in [2.75, 3.05) is 13.1 Å². The van der Waals surface area contributed by atoms with Crippen LogP contribution in [0.4, 0.5) is 8.78 Å². The highest BCUT2D eigenvalue weighted by atomic mass is 35.5. The molecule has 0 saturated carbocycles. The lowest BCUT2D eigenvalue weighted by molar-refractivity contribution is 0.444. The minimum absolute atomic E-state index is 0.0342. The molecule has 0 amide bonds. The zero-order valence-electron chi connectivity index (χ0n) is 8.19. The SMILES string of the molecule is Fc1cc(Cl)c(F)c(C2CCCNC2)c1. The molecule has 0 aromatic heterocycles. The summed E-state index contributed by atoms with van der Waals surface area (Å²) in [6, 6.07) is 2.26. The van der Waals surface area contributed by atoms with Crippen LogP contribution in [0.25, 0.3) is 0 Å². The first-order valence-electron chi connectivity index (χ1n) is 5.03. The quantitative estimate of drug-likeness (QED) is 0.733. The maximum Gasteiger partial charge on any atom is 0.145 e. The molecule has 1 atom stereocenters. The molecule has 0 radical (unpaired) electrons. The van der Waals surface area contributed by atoms with E-state index in [0.717, 1.165) is 25.5 Å². The minimum Gasteiger partial charge on any atom is -0.316 e. The highest BCUT2D eigenvalue weighted by Gasteiger charge is 2.20. The van der Waals surface area contributed by atoms with Gasteiger partial charge in [-0.05, 0) is 43.0 Å². The molecule has 1 fully saturated rings. The predicted octanol–water partition coefficient (Wildman–Crippen LogP) is 3.09. The van der Waals surface area contributed by atoms with Gasteiger partial charge in [0.1, 0.15) is 11.6 Å². The third-order valence-electron chi connectivity index (χ3n) is 2.76. The average molecular weight is 232 g/mol. The number of halogens is 3. The Labute approximate surface area is 92.4 Å². The molecule has 1 N–H and O–H groups in total. The normalized spacial score (nSPS) is 21.7. The van der Waals surface area contributed by atoms with Gasteiger partial charge in [-0.3, -0.25) is 0 Å². The van der Waals surface area contributed by atoms with E-state index >= 15 is 0 Å². The second-order valence-electron chi connectivity index (χ2n) is 3.83. The summed E-state index contributed by atoms with van der Waals surface area (Å²) in [5.41, 5.74) is 0.396. The fourth-order valence-electron chi connectivity index (χ4n) is 1.99. The summed E-state index contributed by atoms with van der Waals surface area (Å²) < 4.78 is 26.7. The van der Waals surface area contributed by atoms with Gasteiger partial charge in [0, 0.05) is 6.54 Å². The van der Waals surface area contributed by atoms with E-state index in [2.05, 4.69) is 5.32 Å². The largest absolute Gasteiger partial charge is 0.316 e. The molecular formula is C11H12ClF2N. The number of nitrogens with one attached hydrogen (secondary N) is 1. The van der Waals surface area contributed by atoms with E-state index < -0.39 is 11.6 Å². The van der Waals surface area contributed by atoms with Gasteiger partial charge in [-0.25, -0.2) is 8.78 Å². The Kier molecular flexibility index (Phi) is 3.22. The molecule has 1 heterocycles. The number of hydrogen-bond acceptors (Lipinski definition) is 1. The first-order valence-corrected chi connectivity index (χ1v) is 5.41. The fraction of sp³-hybridized carbons (Fsp3) is 0.455. The Hall–Kier alpha value is -0.670. The number of benzene rings is 1. The number of rotatable bonds is 1. The Morgan fingerprint density at radius 3 is 2.80 bits per heavy atom. The highest BCUT2D eigenvalue weighted by Crippen LogP contribution is 2.30. The van der Waals surface area contributed by atoms with E-state index in [0.29, 0.717) is 12.1 Å². The lowest BCUT2D eigenvalue weighted by Crippen LogP contribution is -2.28. The summed E-state index contributed by atoms with van der Waals surface area (Å²) in [7, 11) is 0. The van der Waals surface area contributed by atoms with E-state index in [4.69, 9.17) is 11.6 Å². The van der Waals surface area contributed by atoms with Gasteiger partial charge in [0.25, 0.3) is 0 Å². The lowest BCUT2D eigenvalue weighted by Gasteiger charge is -2.23. The van der Waals surface area contributed by atoms with Crippen LogP contribution in [0.15, 0.2) is 12.1 Å². The highest BCUT2D eigenvalue weighted by molar-refractivity contribution is 6.30. The molecule has 1 aliphatic rings. The molecule has 1 unspecified atom stereocenters. The van der Waals surface area contributed by atoms with E-state index in [1.807, 2.05) is 0 Å². The molecule has 0 spiro atoms. The first-order chi connectivity index (χ1) is 7.18. The van der Waals surface area contributed by atoms with Crippen molar-refractivity contribution in [2.45, 2.75) is 18.8 Å². The van der Waals surface area contributed by atoms with Crippen LogP contribution in [0.2, 0.25) is 5.02 Å². The summed E-state index contributed by atoms with van der Waals surface area (Å²) in [4.78, 5) is 0. The van der Waals surface area contributed by atoms with Crippen molar-refractivity contribution in [3.63, 3.8) is 0 Å². The Morgan fingerprint density at radius 1 is 1.33 bits per heavy atom. The van der Waals surface area contributed by atoms with Crippen LogP contribution in [-0.2, 0) is 0 Å². The van der Waals surface area contributed by atoms with Crippen LogP contribution in [0.1, 0.15) is 24.3 Å². The Bertz CT molecular complexity index is 362. The van der Waals surface area contributed by atoms with Crippen molar-refractivity contribution in [1.29, 1.82) is 0 Å². The molecule has 1 aliphatic heterocycles. The van der Waals surface area contributed by atoms with Crippen LogP contribution in [0, 0.1) is 11.6 Å². The maximum atomic E-state index is 13.6. The van der Waals surface area contributed by atoms with E-state index in [1.54, 1.807) is 0 Å². The molecular weight excluding hydrogens is 220 g/mol. The molecule has 1 nitrogen and oxygen atoms in total. The zero-order valence-corrected chi connectivity index (χ0v) is 8.95. The second kappa shape index (κ2) is 4.45. The second-order valence-corrected chi connectivity index (χ2v) is 4.24. The summed E-state index contributed by atoms with van der Waals surface area (Å²) in [6.45, 7) is 1.64. The van der Waals surface area contributed by atoms with Crippen LogP contribution in [-0.4, -0.2) is 13.1 Å². The molecule has 0 aliphatic carbocycles. The van der Waals surface area contributed by atoms with E-state index in [9.17, 15) is 8.78 Å². The van der Waals surface area contributed by atoms with Crippen LogP contribution in [0.3, 0.4) is 0 Å². The topological polar surface area (TPSA) is 12.0 Å². The molecule has 82 valence electrons. The Balaban J connectivity index is 2.33. The van der Waals surface area contributed by atoms with Crippen LogP contribution < -0.4 is 5.32 Å². The van der Waals surface area contributed by atoms with Gasteiger partial charge in [-0.1, -0.05) is 11.6 Å². The van der Waals surface area contributed by atoms with Gasteiger partial charge >= 0.3 is 0 Å². The molecule has 2 rings (SSSR count). The van der Waals surface area contributed by atoms with Crippen molar-refractivity contribution in [3.05, 3.63) is 34.4 Å². The van der Waals surface area contributed by atoms with Crippen LogP contribution >= 0.6 is 11.6 Å². The van der Waals surface area contributed by atoms with E-state index in [1.165, 1.54) is 6.07 Å². The molecule has 1 aromatic rings. The zero-order chi connectivity index (χ0) is 10.8. The average Bonchev–Trinajstić information content (AvgIpc) is 2.24. The molecule has 15 heavy (non-hydrogen) atoms. The van der Waals surface area contributed by atoms with Crippen LogP contribution in [0.5, 0.6) is 0 Å². The van der Waals surface area contributed by atoms with E-state index in [-0.39, 0.29) is 10.9 Å². The third-order valence-corrected chi connectivity index (χ3v) is 3.03. The smallest absolute Gasteiger partial charge is 0.145 e.